The Morgan fingerprint density at radius 3 is 2.35 bits per heavy atom. The molecule has 0 bridgehead atoms. The van der Waals surface area contributed by atoms with Gasteiger partial charge in [0.15, 0.2) is 11.6 Å². The number of imide groups is 1. The van der Waals surface area contributed by atoms with Crippen LogP contribution in [0.5, 0.6) is 0 Å². The molecular formula is C19H17ClF2N2O2. The van der Waals surface area contributed by atoms with Gasteiger partial charge in [-0.3, -0.25) is 4.79 Å². The number of halogens is 3. The summed E-state index contributed by atoms with van der Waals surface area (Å²) in [6.45, 7) is 1.09. The highest BCUT2D eigenvalue weighted by Crippen LogP contribution is 2.24. The molecule has 3 rings (SSSR count). The molecule has 2 aromatic rings. The molecule has 1 aliphatic rings. The molecule has 136 valence electrons. The zero-order valence-corrected chi connectivity index (χ0v) is 14.7. The van der Waals surface area contributed by atoms with E-state index in [1.807, 2.05) is 0 Å². The summed E-state index contributed by atoms with van der Waals surface area (Å²) >= 11 is 6.00. The first-order chi connectivity index (χ1) is 12.5. The largest absolute Gasteiger partial charge is 0.331 e. The van der Waals surface area contributed by atoms with Crippen LogP contribution in [0.1, 0.15) is 29.6 Å². The maximum absolute atomic E-state index is 13.6. The van der Waals surface area contributed by atoms with Crippen LogP contribution < -0.4 is 4.90 Å². The van der Waals surface area contributed by atoms with E-state index in [9.17, 15) is 18.4 Å². The second-order valence-electron chi connectivity index (χ2n) is 6.08. The standard InChI is InChI=1S/C19H17ClF2N2O2/c20-14-5-4-6-15(12-14)24(19(26)23-9-2-1-3-10-23)18(25)13-7-8-16(21)17(22)11-13/h4-8,11-12H,1-3,9-10H2. The fraction of sp³-hybridized carbons (Fsp3) is 0.263. The summed E-state index contributed by atoms with van der Waals surface area (Å²) < 4.78 is 26.8. The fourth-order valence-electron chi connectivity index (χ4n) is 2.91. The summed E-state index contributed by atoms with van der Waals surface area (Å²) in [4.78, 5) is 28.5. The van der Waals surface area contributed by atoms with E-state index in [2.05, 4.69) is 0 Å². The van der Waals surface area contributed by atoms with Crippen LogP contribution in [0, 0.1) is 11.6 Å². The first-order valence-electron chi connectivity index (χ1n) is 8.31. The van der Waals surface area contributed by atoms with Crippen molar-refractivity contribution >= 4 is 29.2 Å². The maximum Gasteiger partial charge on any atom is 0.331 e. The Labute approximate surface area is 155 Å². The average Bonchev–Trinajstić information content (AvgIpc) is 2.65. The van der Waals surface area contributed by atoms with Crippen molar-refractivity contribution in [3.63, 3.8) is 0 Å². The highest BCUT2D eigenvalue weighted by atomic mass is 35.5. The number of rotatable bonds is 2. The van der Waals surface area contributed by atoms with Gasteiger partial charge in [0.1, 0.15) is 0 Å². The molecule has 1 heterocycles. The molecule has 26 heavy (non-hydrogen) atoms. The summed E-state index contributed by atoms with van der Waals surface area (Å²) in [5.74, 6) is -2.94. The van der Waals surface area contributed by atoms with E-state index in [1.54, 1.807) is 23.1 Å². The highest BCUT2D eigenvalue weighted by Gasteiger charge is 2.30. The van der Waals surface area contributed by atoms with Gasteiger partial charge in [-0.05, 0) is 55.7 Å². The SMILES string of the molecule is O=C(c1ccc(F)c(F)c1)N(C(=O)N1CCCCC1)c1cccc(Cl)c1. The third-order valence-corrected chi connectivity index (χ3v) is 4.49. The molecule has 4 nitrogen and oxygen atoms in total. The number of anilines is 1. The molecule has 0 unspecified atom stereocenters. The zero-order valence-electron chi connectivity index (χ0n) is 13.9. The Hall–Kier alpha value is -2.47. The van der Waals surface area contributed by atoms with Crippen molar-refractivity contribution in [2.75, 3.05) is 18.0 Å². The minimum Gasteiger partial charge on any atom is -0.324 e. The van der Waals surface area contributed by atoms with E-state index < -0.39 is 23.6 Å². The normalized spacial score (nSPS) is 14.2. The molecule has 0 atom stereocenters. The Morgan fingerprint density at radius 1 is 0.962 bits per heavy atom. The third-order valence-electron chi connectivity index (χ3n) is 4.25. The molecule has 0 saturated carbocycles. The van der Waals surface area contributed by atoms with Crippen molar-refractivity contribution in [3.05, 3.63) is 64.7 Å². The number of carbonyl (C=O) groups excluding carboxylic acids is 2. The topological polar surface area (TPSA) is 40.6 Å². The molecular weight excluding hydrogens is 362 g/mol. The van der Waals surface area contributed by atoms with Crippen LogP contribution in [0.3, 0.4) is 0 Å². The van der Waals surface area contributed by atoms with Gasteiger partial charge < -0.3 is 4.90 Å². The van der Waals surface area contributed by atoms with Gasteiger partial charge in [0.2, 0.25) is 0 Å². The zero-order chi connectivity index (χ0) is 18.7. The summed E-state index contributed by atoms with van der Waals surface area (Å²) in [6.07, 6.45) is 2.74. The van der Waals surface area contributed by atoms with Gasteiger partial charge in [-0.15, -0.1) is 0 Å². The minimum absolute atomic E-state index is 0.116. The van der Waals surface area contributed by atoms with E-state index in [4.69, 9.17) is 11.6 Å². The van der Waals surface area contributed by atoms with Crippen molar-refractivity contribution in [2.24, 2.45) is 0 Å². The summed E-state index contributed by atoms with van der Waals surface area (Å²) in [6, 6.07) is 8.61. The molecule has 0 spiro atoms. The predicted molar refractivity (Wildman–Crippen MR) is 95.4 cm³/mol. The first kappa shape index (κ1) is 18.3. The van der Waals surface area contributed by atoms with Gasteiger partial charge in [0.25, 0.3) is 5.91 Å². The lowest BCUT2D eigenvalue weighted by molar-refractivity contribution is 0.0983. The Balaban J connectivity index is 2.00. The molecule has 1 saturated heterocycles. The predicted octanol–water partition coefficient (Wildman–Crippen LogP) is 4.87. The van der Waals surface area contributed by atoms with E-state index in [-0.39, 0.29) is 11.3 Å². The second-order valence-corrected chi connectivity index (χ2v) is 6.52. The smallest absolute Gasteiger partial charge is 0.324 e. The molecule has 0 N–H and O–H groups in total. The first-order valence-corrected chi connectivity index (χ1v) is 8.69. The van der Waals surface area contributed by atoms with Crippen molar-refractivity contribution in [1.82, 2.24) is 4.90 Å². The number of urea groups is 1. The Kier molecular flexibility index (Phi) is 5.52. The van der Waals surface area contributed by atoms with E-state index in [0.29, 0.717) is 18.1 Å². The van der Waals surface area contributed by atoms with Gasteiger partial charge in [0.05, 0.1) is 5.69 Å². The van der Waals surface area contributed by atoms with Crippen molar-refractivity contribution in [2.45, 2.75) is 19.3 Å². The van der Waals surface area contributed by atoms with Gasteiger partial charge in [0, 0.05) is 23.7 Å². The number of carbonyl (C=O) groups is 2. The van der Waals surface area contributed by atoms with Crippen LogP contribution in [-0.4, -0.2) is 29.9 Å². The van der Waals surface area contributed by atoms with Crippen LogP contribution in [-0.2, 0) is 0 Å². The summed E-state index contributed by atoms with van der Waals surface area (Å²) in [7, 11) is 0. The molecule has 0 aromatic heterocycles. The number of nitrogens with zero attached hydrogens (tertiary/aromatic N) is 2. The lowest BCUT2D eigenvalue weighted by atomic mass is 10.1. The van der Waals surface area contributed by atoms with Gasteiger partial charge in [-0.2, -0.15) is 0 Å². The highest BCUT2D eigenvalue weighted by molar-refractivity contribution is 6.31. The van der Waals surface area contributed by atoms with E-state index in [1.165, 1.54) is 6.07 Å². The van der Waals surface area contributed by atoms with Crippen LogP contribution in [0.2, 0.25) is 5.02 Å². The number of hydrogen-bond acceptors (Lipinski definition) is 2. The third kappa shape index (κ3) is 3.85. The lowest BCUT2D eigenvalue weighted by Crippen LogP contribution is -2.48. The molecule has 1 aliphatic heterocycles. The number of likely N-dealkylation sites (tertiary alicyclic amines) is 1. The van der Waals surface area contributed by atoms with Crippen molar-refractivity contribution < 1.29 is 18.4 Å². The molecule has 0 radical (unpaired) electrons. The molecule has 0 aliphatic carbocycles. The number of hydrogen-bond donors (Lipinski definition) is 0. The summed E-state index contributed by atoms with van der Waals surface area (Å²) in [5, 5.41) is 0.358. The monoisotopic (exact) mass is 378 g/mol. The lowest BCUT2D eigenvalue weighted by Gasteiger charge is -2.32. The van der Waals surface area contributed by atoms with E-state index >= 15 is 0 Å². The minimum atomic E-state index is -1.15. The second kappa shape index (κ2) is 7.83. The van der Waals surface area contributed by atoms with Crippen LogP contribution >= 0.6 is 11.6 Å². The van der Waals surface area contributed by atoms with Crippen molar-refractivity contribution in [1.29, 1.82) is 0 Å². The molecule has 1 fully saturated rings. The maximum atomic E-state index is 13.6. The molecule has 7 heteroatoms. The number of piperidine rings is 1. The van der Waals surface area contributed by atoms with Gasteiger partial charge in [-0.1, -0.05) is 17.7 Å². The van der Waals surface area contributed by atoms with Crippen LogP contribution in [0.25, 0.3) is 0 Å². The van der Waals surface area contributed by atoms with Gasteiger partial charge >= 0.3 is 6.03 Å². The Bertz CT molecular complexity index is 838. The van der Waals surface area contributed by atoms with Crippen LogP contribution in [0.4, 0.5) is 19.3 Å². The fourth-order valence-corrected chi connectivity index (χ4v) is 3.10. The number of benzene rings is 2. The number of amides is 3. The van der Waals surface area contributed by atoms with Gasteiger partial charge in [-0.25, -0.2) is 18.5 Å². The van der Waals surface area contributed by atoms with Crippen molar-refractivity contribution in [3.8, 4) is 0 Å². The quantitative estimate of drug-likeness (QED) is 0.748. The average molecular weight is 379 g/mol. The van der Waals surface area contributed by atoms with Crippen LogP contribution in [0.15, 0.2) is 42.5 Å². The molecule has 2 aromatic carbocycles. The Morgan fingerprint density at radius 2 is 1.69 bits per heavy atom. The summed E-state index contributed by atoms with van der Waals surface area (Å²) in [5.41, 5.74) is 0.164. The molecule has 3 amide bonds. The van der Waals surface area contributed by atoms with E-state index in [0.717, 1.165) is 42.4 Å².